The number of aliphatic hydroxyl groups excluding tert-OH is 1. The fraction of sp³-hybridized carbons (Fsp3) is 0.250. The van der Waals surface area contributed by atoms with Crippen LogP contribution in [0, 0.1) is 7.43 Å². The van der Waals surface area contributed by atoms with Gasteiger partial charge in [0.25, 0.3) is 0 Å². The third-order valence-electron chi connectivity index (χ3n) is 4.58. The van der Waals surface area contributed by atoms with E-state index in [0.29, 0.717) is 11.5 Å². The molecule has 0 amide bonds. The number of fused-ring (bicyclic) bond motifs is 2. The minimum Gasteiger partial charge on any atom is -0.467 e. The van der Waals surface area contributed by atoms with Gasteiger partial charge >= 0.3 is 0 Å². The molecule has 0 spiro atoms. The van der Waals surface area contributed by atoms with Gasteiger partial charge < -0.3 is 26.7 Å². The summed E-state index contributed by atoms with van der Waals surface area (Å²) in [6.45, 7) is 7.75. The molecule has 0 atom stereocenters. The molecule has 0 unspecified atom stereocenters. The van der Waals surface area contributed by atoms with Crippen LogP contribution in [0.25, 0.3) is 32.7 Å². The van der Waals surface area contributed by atoms with E-state index in [1.165, 1.54) is 0 Å². The van der Waals surface area contributed by atoms with Crippen molar-refractivity contribution in [1.29, 1.82) is 0 Å². The van der Waals surface area contributed by atoms with Crippen molar-refractivity contribution in [3.63, 3.8) is 0 Å². The van der Waals surface area contributed by atoms with Crippen molar-refractivity contribution in [3.8, 4) is 22.6 Å². The van der Waals surface area contributed by atoms with Crippen molar-refractivity contribution in [1.82, 2.24) is 0 Å². The first-order valence-corrected chi connectivity index (χ1v) is 10.7. The van der Waals surface area contributed by atoms with Crippen LogP contribution in [-0.4, -0.2) is 25.8 Å². The second-order valence-electron chi connectivity index (χ2n) is 6.14. The molecule has 0 fully saturated rings. The summed E-state index contributed by atoms with van der Waals surface area (Å²) < 4.78 is 16.6. The number of methoxy groups -OCH3 is 1. The molecule has 4 aromatic carbocycles. The SMILES string of the molecule is CC.CC.COCOc1ccc2ccccc2c1-c1c(OCO)ccc2ccccc12.[CH3-].[W]. The largest absolute Gasteiger partial charge is 0.467 e. The second-order valence-corrected chi connectivity index (χ2v) is 6.14. The Morgan fingerprint density at radius 2 is 1.06 bits per heavy atom. The molecular weight excluding hydrogens is 584 g/mol. The molecule has 1 N–H and O–H groups in total. The van der Waals surface area contributed by atoms with Crippen molar-refractivity contribution in [2.75, 3.05) is 20.7 Å². The van der Waals surface area contributed by atoms with Crippen molar-refractivity contribution >= 4 is 21.5 Å². The molecular formula is C28H35O4W-. The van der Waals surface area contributed by atoms with Gasteiger partial charge in [0.2, 0.25) is 0 Å². The van der Waals surface area contributed by atoms with Crippen LogP contribution in [-0.2, 0) is 25.8 Å². The second kappa shape index (κ2) is 16.3. The van der Waals surface area contributed by atoms with Gasteiger partial charge in [-0.2, -0.15) is 0 Å². The van der Waals surface area contributed by atoms with Gasteiger partial charge in [0.1, 0.15) is 11.5 Å². The Morgan fingerprint density at radius 3 is 1.48 bits per heavy atom. The van der Waals surface area contributed by atoms with Gasteiger partial charge in [0.05, 0.1) is 0 Å². The summed E-state index contributed by atoms with van der Waals surface area (Å²) >= 11 is 0. The Balaban J connectivity index is 0.00000162. The van der Waals surface area contributed by atoms with Crippen LogP contribution in [0.4, 0.5) is 0 Å². The van der Waals surface area contributed by atoms with Gasteiger partial charge in [0, 0.05) is 39.3 Å². The summed E-state index contributed by atoms with van der Waals surface area (Å²) in [6.07, 6.45) is 0. The molecule has 0 aliphatic carbocycles. The molecule has 4 nitrogen and oxygen atoms in total. The summed E-state index contributed by atoms with van der Waals surface area (Å²) in [6, 6.07) is 24.1. The topological polar surface area (TPSA) is 47.9 Å². The van der Waals surface area contributed by atoms with E-state index >= 15 is 0 Å². The van der Waals surface area contributed by atoms with E-state index in [4.69, 9.17) is 14.2 Å². The molecule has 0 heterocycles. The number of ether oxygens (including phenoxy) is 3. The van der Waals surface area contributed by atoms with E-state index in [1.54, 1.807) is 7.11 Å². The molecule has 0 saturated carbocycles. The average molecular weight is 619 g/mol. The predicted molar refractivity (Wildman–Crippen MR) is 136 cm³/mol. The number of hydrogen-bond donors (Lipinski definition) is 1. The maximum absolute atomic E-state index is 9.41. The summed E-state index contributed by atoms with van der Waals surface area (Å²) in [5.74, 6) is 1.31. The number of benzene rings is 4. The molecule has 4 rings (SSSR count). The van der Waals surface area contributed by atoms with Gasteiger partial charge in [0.15, 0.2) is 13.6 Å². The fourth-order valence-electron chi connectivity index (χ4n) is 3.45. The Bertz CT molecular complexity index is 1100. The van der Waals surface area contributed by atoms with Crippen LogP contribution in [0.5, 0.6) is 11.5 Å². The standard InChI is InChI=1S/C23H20O4.2C2H6.CH3.W/c1-25-15-27-21-13-11-17-7-3-5-9-19(17)23(21)22-18-8-4-2-6-16(18)10-12-20(22)26-14-24;2*1-2;;/h2-13,24H,14-15H2,1H3;2*1-2H3;1H3;/q;;;-1;. The Hall–Kier alpha value is -2.39. The van der Waals surface area contributed by atoms with Gasteiger partial charge in [-0.3, -0.25) is 0 Å². The number of rotatable bonds is 6. The zero-order valence-corrected chi connectivity index (χ0v) is 23.4. The van der Waals surface area contributed by atoms with Crippen LogP contribution in [0.1, 0.15) is 27.7 Å². The van der Waals surface area contributed by atoms with Crippen molar-refractivity contribution < 1.29 is 40.4 Å². The Morgan fingerprint density at radius 1 is 0.636 bits per heavy atom. The van der Waals surface area contributed by atoms with Crippen molar-refractivity contribution in [3.05, 3.63) is 80.2 Å². The zero-order valence-electron chi connectivity index (χ0n) is 20.4. The molecule has 0 aliphatic rings. The first kappa shape index (κ1) is 30.6. The maximum Gasteiger partial charge on any atom is 0.188 e. The Labute approximate surface area is 212 Å². The smallest absolute Gasteiger partial charge is 0.188 e. The number of hydrogen-bond acceptors (Lipinski definition) is 4. The van der Waals surface area contributed by atoms with E-state index in [9.17, 15) is 5.11 Å². The first-order chi connectivity index (χ1) is 15.3. The van der Waals surface area contributed by atoms with E-state index in [2.05, 4.69) is 24.3 Å². The zero-order chi connectivity index (χ0) is 22.6. The first-order valence-electron chi connectivity index (χ1n) is 10.7. The molecule has 33 heavy (non-hydrogen) atoms. The van der Waals surface area contributed by atoms with Gasteiger partial charge in [-0.05, 0) is 33.7 Å². The molecule has 0 aromatic heterocycles. The van der Waals surface area contributed by atoms with Crippen molar-refractivity contribution in [2.24, 2.45) is 0 Å². The quantitative estimate of drug-likeness (QED) is 0.180. The Kier molecular flexibility index (Phi) is 15.1. The summed E-state index contributed by atoms with van der Waals surface area (Å²) in [7, 11) is 1.60. The third kappa shape index (κ3) is 7.04. The van der Waals surface area contributed by atoms with Crippen LogP contribution < -0.4 is 9.47 Å². The van der Waals surface area contributed by atoms with E-state index < -0.39 is 6.79 Å². The number of aliphatic hydroxyl groups is 1. The molecule has 0 saturated heterocycles. The normalized spacial score (nSPS) is 9.39. The van der Waals surface area contributed by atoms with Crippen molar-refractivity contribution in [2.45, 2.75) is 27.7 Å². The molecule has 4 aromatic rings. The van der Waals surface area contributed by atoms with Crippen LogP contribution >= 0.6 is 0 Å². The van der Waals surface area contributed by atoms with Gasteiger partial charge in [-0.15, -0.1) is 0 Å². The minimum atomic E-state index is -0.398. The summed E-state index contributed by atoms with van der Waals surface area (Å²) in [5.41, 5.74) is 1.82. The maximum atomic E-state index is 9.41. The van der Waals surface area contributed by atoms with E-state index in [1.807, 2.05) is 76.2 Å². The van der Waals surface area contributed by atoms with Gasteiger partial charge in [-0.25, -0.2) is 0 Å². The van der Waals surface area contributed by atoms with Crippen LogP contribution in [0.3, 0.4) is 0 Å². The molecule has 0 radical (unpaired) electrons. The monoisotopic (exact) mass is 619 g/mol. The predicted octanol–water partition coefficient (Wildman–Crippen LogP) is 7.47. The molecule has 0 aliphatic heterocycles. The minimum absolute atomic E-state index is 0. The van der Waals surface area contributed by atoms with Gasteiger partial charge in [-0.1, -0.05) is 88.4 Å². The summed E-state index contributed by atoms with van der Waals surface area (Å²) in [4.78, 5) is 0. The molecule has 5 heteroatoms. The third-order valence-corrected chi connectivity index (χ3v) is 4.58. The van der Waals surface area contributed by atoms with Crippen LogP contribution in [0.15, 0.2) is 72.8 Å². The molecule has 178 valence electrons. The van der Waals surface area contributed by atoms with E-state index in [-0.39, 0.29) is 35.3 Å². The van der Waals surface area contributed by atoms with E-state index in [0.717, 1.165) is 32.7 Å². The fourth-order valence-corrected chi connectivity index (χ4v) is 3.45. The summed E-state index contributed by atoms with van der Waals surface area (Å²) in [5, 5.41) is 13.7. The average Bonchev–Trinajstić information content (AvgIpc) is 2.85. The molecule has 0 bridgehead atoms. The van der Waals surface area contributed by atoms with Crippen LogP contribution in [0.2, 0.25) is 0 Å².